The molecule has 0 N–H and O–H groups in total. The molecule has 234 valence electrons. The average molecular weight is 703 g/mol. The second-order valence-electron chi connectivity index (χ2n) is 11.1. The fraction of sp³-hybridized carbons (Fsp3) is 0.242. The van der Waals surface area contributed by atoms with Crippen molar-refractivity contribution in [2.45, 2.75) is 37.1 Å². The maximum atomic E-state index is 11.6. The van der Waals surface area contributed by atoms with Crippen molar-refractivity contribution in [3.05, 3.63) is 117 Å². The largest absolute Gasteiger partial charge is 1.00 e. The van der Waals surface area contributed by atoms with E-state index in [1.54, 1.807) is 23.1 Å². The molecule has 6 rings (SSSR count). The summed E-state index contributed by atoms with van der Waals surface area (Å²) in [6.07, 6.45) is 5.76. The molecule has 2 heterocycles. The fourth-order valence-electron chi connectivity index (χ4n) is 5.90. The summed E-state index contributed by atoms with van der Waals surface area (Å²) in [6.45, 7) is 2.20. The van der Waals surface area contributed by atoms with E-state index in [4.69, 9.17) is 0 Å². The van der Waals surface area contributed by atoms with E-state index in [0.29, 0.717) is 0 Å². The molecule has 1 unspecified atom stereocenters. The first-order chi connectivity index (χ1) is 21.4. The van der Waals surface area contributed by atoms with Crippen molar-refractivity contribution in [3.63, 3.8) is 0 Å². The molecule has 0 amide bonds. The molecule has 8 nitrogen and oxygen atoms in total. The molecule has 0 saturated heterocycles. The number of aryl methyl sites for hydroxylation is 1. The van der Waals surface area contributed by atoms with Gasteiger partial charge in [0.25, 0.3) is 5.01 Å². The molecule has 0 fully saturated rings. The van der Waals surface area contributed by atoms with Crippen LogP contribution in [-0.4, -0.2) is 44.0 Å². The molecule has 0 spiro atoms. The summed E-state index contributed by atoms with van der Waals surface area (Å²) in [5, 5.41) is 1.72. The summed E-state index contributed by atoms with van der Waals surface area (Å²) in [5.41, 5.74) is 6.24. The molecule has 4 aromatic rings. The van der Waals surface area contributed by atoms with E-state index in [-0.39, 0.29) is 48.6 Å². The van der Waals surface area contributed by atoms with Gasteiger partial charge in [-0.1, -0.05) is 77.7 Å². The normalized spacial score (nSPS) is 18.8. The number of fused-ring (bicyclic) bond motifs is 2. The van der Waals surface area contributed by atoms with E-state index in [2.05, 4.69) is 31.2 Å². The second-order valence-corrected chi connectivity index (χ2v) is 16.3. The van der Waals surface area contributed by atoms with Gasteiger partial charge < -0.3 is 14.0 Å². The number of benzene rings is 3. The fourth-order valence-corrected chi connectivity index (χ4v) is 9.02. The number of nitrogens with zero attached hydrogens (tertiary/aromatic N) is 2. The van der Waals surface area contributed by atoms with Crippen LogP contribution < -0.4 is 39.0 Å². The van der Waals surface area contributed by atoms with Crippen molar-refractivity contribution < 1.29 is 60.1 Å². The van der Waals surface area contributed by atoms with Crippen molar-refractivity contribution in [2.75, 3.05) is 23.0 Å². The van der Waals surface area contributed by atoms with Crippen LogP contribution in [0.1, 0.15) is 36.3 Å². The number of para-hydroxylation sites is 2. The molecule has 1 aromatic heterocycles. The Morgan fingerprint density at radius 2 is 1.54 bits per heavy atom. The minimum atomic E-state index is -4.41. The van der Waals surface area contributed by atoms with E-state index in [1.165, 1.54) is 5.56 Å². The van der Waals surface area contributed by atoms with E-state index in [9.17, 15) is 25.9 Å². The monoisotopic (exact) mass is 702 g/mol. The molecule has 3 aromatic carbocycles. The van der Waals surface area contributed by atoms with E-state index < -0.39 is 31.7 Å². The number of thiazole rings is 1. The van der Waals surface area contributed by atoms with Crippen molar-refractivity contribution in [1.82, 2.24) is 0 Å². The summed E-state index contributed by atoms with van der Waals surface area (Å²) in [6, 6.07) is 25.8. The van der Waals surface area contributed by atoms with Crippen LogP contribution in [-0.2, 0) is 26.8 Å². The van der Waals surface area contributed by atoms with Crippen molar-refractivity contribution in [1.29, 1.82) is 0 Å². The van der Waals surface area contributed by atoms with Crippen LogP contribution in [0.3, 0.4) is 0 Å². The number of thioether (sulfide) groups is 1. The summed E-state index contributed by atoms with van der Waals surface area (Å²) in [4.78, 5) is 2.91. The van der Waals surface area contributed by atoms with Crippen LogP contribution in [0, 0.1) is 0 Å². The third-order valence-electron chi connectivity index (χ3n) is 8.17. The first-order valence-electron chi connectivity index (χ1n) is 14.5. The maximum absolute atomic E-state index is 11.6. The third-order valence-corrected chi connectivity index (χ3v) is 11.8. The van der Waals surface area contributed by atoms with E-state index in [0.717, 1.165) is 60.4 Å². The van der Waals surface area contributed by atoms with Crippen LogP contribution in [0.25, 0.3) is 16.3 Å². The predicted molar refractivity (Wildman–Crippen MR) is 178 cm³/mol. The molecule has 1 aliphatic heterocycles. The minimum Gasteiger partial charge on any atom is -0.748 e. The van der Waals surface area contributed by atoms with Gasteiger partial charge in [0.15, 0.2) is 6.54 Å². The smallest absolute Gasteiger partial charge is 0.748 e. The van der Waals surface area contributed by atoms with Crippen LogP contribution >= 0.6 is 23.1 Å². The number of allylic oxidation sites excluding steroid dienone is 4. The van der Waals surface area contributed by atoms with Crippen molar-refractivity contribution in [3.8, 4) is 0 Å². The van der Waals surface area contributed by atoms with Crippen molar-refractivity contribution >= 4 is 65.3 Å². The summed E-state index contributed by atoms with van der Waals surface area (Å²) in [5.74, 6) is -0.831. The Morgan fingerprint density at radius 3 is 2.28 bits per heavy atom. The number of rotatable bonds is 9. The SMILES string of the molecule is CC1=C(C=C2Sc3ccccc3N2CCS(=O)(=O)[O-])CC(c2ccccc2)CC1=Cc1sc2ccccc2[n+]1CCS(=O)(=O)[O-].[Na+]. The van der Waals surface area contributed by atoms with Crippen LogP contribution in [0.4, 0.5) is 5.69 Å². The maximum Gasteiger partial charge on any atom is 1.00 e. The zero-order valence-corrected chi connectivity index (χ0v) is 30.7. The van der Waals surface area contributed by atoms with Gasteiger partial charge in [0.05, 0.1) is 32.3 Å². The predicted octanol–water partition coefficient (Wildman–Crippen LogP) is 3.01. The molecule has 1 atom stereocenters. The standard InChI is InChI=1S/C33H32N2O6S4.Na/c1-23-25(21-32-34(15-17-44(36,37)38)28-11-5-7-13-30(28)42-32)19-27(24-9-3-2-4-10-24)20-26(23)22-33-35(16-18-45(39,40)41)29-12-6-8-14-31(29)43-33;/h2-14,21-22,27H,15-20H2,1H3,(H-,36,37,38,39,40,41);/q;+1/p-1. The van der Waals surface area contributed by atoms with Gasteiger partial charge in [-0.25, -0.2) is 16.8 Å². The van der Waals surface area contributed by atoms with Crippen LogP contribution in [0.15, 0.2) is 112 Å². The molecule has 1 aliphatic carbocycles. The van der Waals surface area contributed by atoms with Gasteiger partial charge in [-0.15, -0.1) is 0 Å². The minimum absolute atomic E-state index is 0. The van der Waals surface area contributed by atoms with Crippen LogP contribution in [0.5, 0.6) is 0 Å². The third kappa shape index (κ3) is 8.23. The Bertz CT molecular complexity index is 2070. The summed E-state index contributed by atoms with van der Waals surface area (Å²) >= 11 is 3.11. The quantitative estimate of drug-likeness (QED) is 0.148. The van der Waals surface area contributed by atoms with E-state index >= 15 is 0 Å². The van der Waals surface area contributed by atoms with Crippen molar-refractivity contribution in [2.24, 2.45) is 0 Å². The van der Waals surface area contributed by atoms with E-state index in [1.807, 2.05) is 76.2 Å². The average Bonchev–Trinajstić information content (AvgIpc) is 3.53. The Kier molecular flexibility index (Phi) is 11.0. The number of hydrogen-bond donors (Lipinski definition) is 0. The first kappa shape index (κ1) is 35.1. The second kappa shape index (κ2) is 14.5. The zero-order chi connectivity index (χ0) is 31.8. The number of aromatic nitrogens is 1. The van der Waals surface area contributed by atoms with Gasteiger partial charge >= 0.3 is 29.6 Å². The number of hydrogen-bond acceptors (Lipinski definition) is 9. The molecular formula is C33H31N2NaO6S4. The molecule has 46 heavy (non-hydrogen) atoms. The molecular weight excluding hydrogens is 672 g/mol. The van der Waals surface area contributed by atoms with Gasteiger partial charge in [0.2, 0.25) is 5.52 Å². The Morgan fingerprint density at radius 1 is 0.870 bits per heavy atom. The van der Waals surface area contributed by atoms with Gasteiger partial charge in [-0.2, -0.15) is 4.57 Å². The van der Waals surface area contributed by atoms with Gasteiger partial charge in [-0.3, -0.25) is 0 Å². The Balaban J connectivity index is 0.00000417. The van der Waals surface area contributed by atoms with Gasteiger partial charge in [-0.05, 0) is 72.2 Å². The Hall–Kier alpha value is -2.26. The number of anilines is 1. The van der Waals surface area contributed by atoms with Gasteiger partial charge in [0.1, 0.15) is 14.8 Å². The summed E-state index contributed by atoms with van der Waals surface area (Å²) in [7, 11) is -8.81. The Labute approximate surface area is 300 Å². The topological polar surface area (TPSA) is 122 Å². The van der Waals surface area contributed by atoms with Crippen LogP contribution in [0.2, 0.25) is 0 Å². The van der Waals surface area contributed by atoms with Gasteiger partial charge in [0, 0.05) is 23.6 Å². The first-order valence-corrected chi connectivity index (χ1v) is 19.2. The summed E-state index contributed by atoms with van der Waals surface area (Å²) < 4.78 is 72.4. The zero-order valence-electron chi connectivity index (χ0n) is 25.5. The molecule has 0 radical (unpaired) electrons. The molecule has 0 bridgehead atoms. The molecule has 13 heteroatoms. The molecule has 0 saturated carbocycles. The molecule has 2 aliphatic rings.